The molecule has 1 heterocycles. The van der Waals surface area contributed by atoms with E-state index >= 15 is 0 Å². The molecule has 1 aliphatic rings. The first-order valence-electron chi connectivity index (χ1n) is 5.37. The predicted molar refractivity (Wildman–Crippen MR) is 56.1 cm³/mol. The van der Waals surface area contributed by atoms with Gasteiger partial charge in [0.2, 0.25) is 0 Å². The summed E-state index contributed by atoms with van der Waals surface area (Å²) in [7, 11) is 0. The maximum absolute atomic E-state index is 9.19. The van der Waals surface area contributed by atoms with Crippen LogP contribution in [0.15, 0.2) is 0 Å². The molecule has 0 aliphatic carbocycles. The molecule has 4 nitrogen and oxygen atoms in total. The third kappa shape index (κ3) is 3.92. The Bertz CT molecular complexity index is 164. The molecule has 0 aromatic rings. The Labute approximate surface area is 86.0 Å². The van der Waals surface area contributed by atoms with Crippen molar-refractivity contribution in [3.8, 4) is 0 Å². The summed E-state index contributed by atoms with van der Waals surface area (Å²) in [4.78, 5) is 2.32. The Hall–Kier alpha value is -0.160. The van der Waals surface area contributed by atoms with Gasteiger partial charge < -0.3 is 15.6 Å². The van der Waals surface area contributed by atoms with Crippen LogP contribution >= 0.6 is 0 Å². The highest BCUT2D eigenvalue weighted by Gasteiger charge is 2.23. The van der Waals surface area contributed by atoms with E-state index in [0.717, 1.165) is 26.1 Å². The molecule has 3 atom stereocenters. The molecule has 0 spiro atoms. The molecule has 0 saturated carbocycles. The molecule has 1 rings (SSSR count). The lowest BCUT2D eigenvalue weighted by Gasteiger charge is -2.36. The van der Waals surface area contributed by atoms with Crippen LogP contribution in [0.3, 0.4) is 0 Å². The summed E-state index contributed by atoms with van der Waals surface area (Å²) in [6.45, 7) is 7.25. The van der Waals surface area contributed by atoms with Crippen molar-refractivity contribution in [1.82, 2.24) is 4.90 Å². The zero-order chi connectivity index (χ0) is 10.6. The number of hydrogen-bond acceptors (Lipinski definition) is 4. The van der Waals surface area contributed by atoms with Gasteiger partial charge in [0.1, 0.15) is 0 Å². The molecule has 4 heteroatoms. The minimum atomic E-state index is -0.218. The third-order valence-corrected chi connectivity index (χ3v) is 2.53. The predicted octanol–water partition coefficient (Wildman–Crippen LogP) is -0.195. The van der Waals surface area contributed by atoms with Gasteiger partial charge in [-0.25, -0.2) is 0 Å². The van der Waals surface area contributed by atoms with Crippen LogP contribution in [0.4, 0.5) is 0 Å². The van der Waals surface area contributed by atoms with E-state index in [4.69, 9.17) is 10.5 Å². The number of nitrogens with two attached hydrogens (primary N) is 1. The number of morpholine rings is 1. The molecule has 14 heavy (non-hydrogen) atoms. The van der Waals surface area contributed by atoms with Crippen LogP contribution in [0.1, 0.15) is 20.3 Å². The summed E-state index contributed by atoms with van der Waals surface area (Å²) < 4.78 is 5.64. The van der Waals surface area contributed by atoms with Gasteiger partial charge in [-0.05, 0) is 20.3 Å². The average Bonchev–Trinajstić information content (AvgIpc) is 2.14. The number of aliphatic hydroxyl groups excluding tert-OH is 1. The summed E-state index contributed by atoms with van der Waals surface area (Å²) in [5, 5.41) is 9.19. The molecular formula is C10H22N2O2. The first kappa shape index (κ1) is 11.9. The fourth-order valence-electron chi connectivity index (χ4n) is 1.82. The highest BCUT2D eigenvalue weighted by Crippen LogP contribution is 2.10. The summed E-state index contributed by atoms with van der Waals surface area (Å²) >= 11 is 0. The van der Waals surface area contributed by atoms with E-state index in [1.54, 1.807) is 0 Å². The van der Waals surface area contributed by atoms with Crippen LogP contribution in [0.5, 0.6) is 0 Å². The highest BCUT2D eigenvalue weighted by atomic mass is 16.5. The number of ether oxygens (including phenoxy) is 1. The quantitative estimate of drug-likeness (QED) is 0.663. The van der Waals surface area contributed by atoms with Crippen LogP contribution in [0, 0.1) is 0 Å². The van der Waals surface area contributed by atoms with E-state index in [1.165, 1.54) is 0 Å². The lowest BCUT2D eigenvalue weighted by atomic mass is 10.2. The van der Waals surface area contributed by atoms with Gasteiger partial charge in [-0.2, -0.15) is 0 Å². The van der Waals surface area contributed by atoms with Crippen molar-refractivity contribution in [2.24, 2.45) is 5.73 Å². The fourth-order valence-corrected chi connectivity index (χ4v) is 1.82. The van der Waals surface area contributed by atoms with Crippen molar-refractivity contribution in [1.29, 1.82) is 0 Å². The molecule has 84 valence electrons. The Kier molecular flexibility index (Phi) is 4.81. The Morgan fingerprint density at radius 2 is 2.29 bits per heavy atom. The van der Waals surface area contributed by atoms with Crippen LogP contribution in [0.2, 0.25) is 0 Å². The summed E-state index contributed by atoms with van der Waals surface area (Å²) in [5.74, 6) is 0. The van der Waals surface area contributed by atoms with Gasteiger partial charge in [0.25, 0.3) is 0 Å². The van der Waals surface area contributed by atoms with Gasteiger partial charge in [-0.1, -0.05) is 0 Å². The number of nitrogens with zero attached hydrogens (tertiary/aromatic N) is 1. The monoisotopic (exact) mass is 202 g/mol. The van der Waals surface area contributed by atoms with Crippen LogP contribution < -0.4 is 5.73 Å². The van der Waals surface area contributed by atoms with Gasteiger partial charge in [-0.3, -0.25) is 4.90 Å². The van der Waals surface area contributed by atoms with Gasteiger partial charge in [0.15, 0.2) is 0 Å². The maximum atomic E-state index is 9.19. The molecule has 1 aliphatic heterocycles. The Morgan fingerprint density at radius 3 is 2.86 bits per heavy atom. The van der Waals surface area contributed by atoms with Crippen LogP contribution in [-0.4, -0.2) is 54.5 Å². The lowest BCUT2D eigenvalue weighted by Crippen LogP contribution is -2.49. The summed E-state index contributed by atoms with van der Waals surface area (Å²) in [6.07, 6.45) is 1.02. The zero-order valence-electron chi connectivity index (χ0n) is 9.15. The SMILES string of the molecule is CC(O)CCN1CC(C)OC(CN)C1. The molecule has 3 N–H and O–H groups in total. The van der Waals surface area contributed by atoms with Crippen LogP contribution in [0.25, 0.3) is 0 Å². The first-order chi connectivity index (χ1) is 6.61. The van der Waals surface area contributed by atoms with E-state index < -0.39 is 0 Å². The van der Waals surface area contributed by atoms with Gasteiger partial charge in [-0.15, -0.1) is 0 Å². The van der Waals surface area contributed by atoms with Crippen molar-refractivity contribution >= 4 is 0 Å². The summed E-state index contributed by atoms with van der Waals surface area (Å²) in [5.41, 5.74) is 5.58. The van der Waals surface area contributed by atoms with Crippen molar-refractivity contribution in [3.63, 3.8) is 0 Å². The highest BCUT2D eigenvalue weighted by molar-refractivity contribution is 4.76. The van der Waals surface area contributed by atoms with E-state index in [0.29, 0.717) is 6.54 Å². The van der Waals surface area contributed by atoms with Gasteiger partial charge in [0.05, 0.1) is 18.3 Å². The Morgan fingerprint density at radius 1 is 1.57 bits per heavy atom. The minimum Gasteiger partial charge on any atom is -0.393 e. The zero-order valence-corrected chi connectivity index (χ0v) is 9.15. The van der Waals surface area contributed by atoms with Gasteiger partial charge in [0, 0.05) is 26.2 Å². The standard InChI is InChI=1S/C10H22N2O2/c1-8(13)3-4-12-6-9(2)14-10(5-11)7-12/h8-10,13H,3-7,11H2,1-2H3. The van der Waals surface area contributed by atoms with Gasteiger partial charge >= 0.3 is 0 Å². The molecule has 0 amide bonds. The maximum Gasteiger partial charge on any atom is 0.0828 e. The van der Waals surface area contributed by atoms with E-state index in [1.807, 2.05) is 6.92 Å². The topological polar surface area (TPSA) is 58.7 Å². The normalized spacial score (nSPS) is 31.7. The second-order valence-electron chi connectivity index (χ2n) is 4.20. The molecule has 1 fully saturated rings. The third-order valence-electron chi connectivity index (χ3n) is 2.53. The van der Waals surface area contributed by atoms with Crippen LogP contribution in [-0.2, 0) is 4.74 Å². The van der Waals surface area contributed by atoms with Crippen molar-refractivity contribution in [2.75, 3.05) is 26.2 Å². The Balaban J connectivity index is 2.30. The second kappa shape index (κ2) is 5.66. The van der Waals surface area contributed by atoms with E-state index in [9.17, 15) is 5.11 Å². The largest absolute Gasteiger partial charge is 0.393 e. The molecule has 0 radical (unpaired) electrons. The first-order valence-corrected chi connectivity index (χ1v) is 5.37. The summed E-state index contributed by atoms with van der Waals surface area (Å²) in [6, 6.07) is 0. The smallest absolute Gasteiger partial charge is 0.0828 e. The van der Waals surface area contributed by atoms with Crippen molar-refractivity contribution in [2.45, 2.75) is 38.6 Å². The molecule has 1 saturated heterocycles. The lowest BCUT2D eigenvalue weighted by molar-refractivity contribution is -0.0739. The minimum absolute atomic E-state index is 0.160. The number of rotatable bonds is 4. The molecule has 0 bridgehead atoms. The molecule has 0 aromatic carbocycles. The fraction of sp³-hybridized carbons (Fsp3) is 1.00. The number of hydrogen-bond donors (Lipinski definition) is 2. The van der Waals surface area contributed by atoms with Crippen molar-refractivity contribution in [3.05, 3.63) is 0 Å². The van der Waals surface area contributed by atoms with E-state index in [2.05, 4.69) is 11.8 Å². The molecular weight excluding hydrogens is 180 g/mol. The molecule has 0 aromatic heterocycles. The van der Waals surface area contributed by atoms with E-state index in [-0.39, 0.29) is 18.3 Å². The second-order valence-corrected chi connectivity index (χ2v) is 4.20. The molecule has 3 unspecified atom stereocenters. The van der Waals surface area contributed by atoms with Crippen molar-refractivity contribution < 1.29 is 9.84 Å². The number of aliphatic hydroxyl groups is 1. The average molecular weight is 202 g/mol.